The van der Waals surface area contributed by atoms with Crippen LogP contribution >= 0.6 is 0 Å². The van der Waals surface area contributed by atoms with Gasteiger partial charge in [0.25, 0.3) is 5.91 Å². The molecule has 2 rings (SSSR count). The maximum atomic E-state index is 11.6. The number of ether oxygens (including phenoxy) is 1. The van der Waals surface area contributed by atoms with E-state index < -0.39 is 5.97 Å². The Hall–Kier alpha value is -1.91. The quantitative estimate of drug-likeness (QED) is 0.728. The molecule has 2 heterocycles. The topological polar surface area (TPSA) is 59.5 Å². The molecule has 90 valence electrons. The van der Waals surface area contributed by atoms with Crippen LogP contribution in [0.2, 0.25) is 0 Å². The van der Waals surface area contributed by atoms with E-state index in [9.17, 15) is 9.59 Å². The zero-order valence-corrected chi connectivity index (χ0v) is 9.46. The monoisotopic (exact) mass is 234 g/mol. The number of rotatable bonds is 3. The molecule has 0 unspecified atom stereocenters. The molecule has 0 radical (unpaired) electrons. The third-order valence-electron chi connectivity index (χ3n) is 2.66. The van der Waals surface area contributed by atoms with E-state index in [1.165, 1.54) is 6.20 Å². The molecule has 5 heteroatoms. The first-order valence-corrected chi connectivity index (χ1v) is 5.63. The van der Waals surface area contributed by atoms with E-state index in [4.69, 9.17) is 4.74 Å². The van der Waals surface area contributed by atoms with Crippen LogP contribution in [-0.4, -0.2) is 41.5 Å². The first-order valence-electron chi connectivity index (χ1n) is 5.63. The lowest BCUT2D eigenvalue weighted by molar-refractivity contribution is -0.133. The smallest absolute Gasteiger partial charge is 0.357 e. The number of pyridine rings is 1. The Morgan fingerprint density at radius 1 is 1.29 bits per heavy atom. The summed E-state index contributed by atoms with van der Waals surface area (Å²) in [7, 11) is 0. The van der Waals surface area contributed by atoms with Gasteiger partial charge in [-0.05, 0) is 25.0 Å². The second-order valence-corrected chi connectivity index (χ2v) is 3.88. The summed E-state index contributed by atoms with van der Waals surface area (Å²) in [5, 5.41) is 0. The molecule has 17 heavy (non-hydrogen) atoms. The van der Waals surface area contributed by atoms with Gasteiger partial charge in [0.15, 0.2) is 6.61 Å². The van der Waals surface area contributed by atoms with Crippen LogP contribution in [-0.2, 0) is 9.53 Å². The van der Waals surface area contributed by atoms with Crippen LogP contribution in [0.1, 0.15) is 23.3 Å². The first kappa shape index (κ1) is 11.6. The summed E-state index contributed by atoms with van der Waals surface area (Å²) in [4.78, 5) is 28.7. The highest BCUT2D eigenvalue weighted by Crippen LogP contribution is 2.07. The van der Waals surface area contributed by atoms with Crippen LogP contribution in [0.15, 0.2) is 24.4 Å². The van der Waals surface area contributed by atoms with E-state index in [1.54, 1.807) is 23.1 Å². The third kappa shape index (κ3) is 3.03. The zero-order chi connectivity index (χ0) is 12.1. The molecule has 1 saturated heterocycles. The largest absolute Gasteiger partial charge is 0.451 e. The molecule has 0 aliphatic carbocycles. The summed E-state index contributed by atoms with van der Waals surface area (Å²) in [6.45, 7) is 1.33. The fraction of sp³-hybridized carbons (Fsp3) is 0.417. The molecule has 1 fully saturated rings. The van der Waals surface area contributed by atoms with E-state index in [0.717, 1.165) is 25.9 Å². The molecule has 1 aromatic rings. The van der Waals surface area contributed by atoms with Gasteiger partial charge in [0.05, 0.1) is 0 Å². The highest BCUT2D eigenvalue weighted by Gasteiger charge is 2.19. The number of aromatic nitrogens is 1. The van der Waals surface area contributed by atoms with Gasteiger partial charge >= 0.3 is 5.97 Å². The average Bonchev–Trinajstić information content (AvgIpc) is 2.90. The molecule has 0 spiro atoms. The van der Waals surface area contributed by atoms with E-state index in [0.29, 0.717) is 0 Å². The van der Waals surface area contributed by atoms with Crippen molar-refractivity contribution in [1.82, 2.24) is 9.88 Å². The Bertz CT molecular complexity index is 399. The van der Waals surface area contributed by atoms with Crippen molar-refractivity contribution in [3.63, 3.8) is 0 Å². The van der Waals surface area contributed by atoms with Gasteiger partial charge in [-0.25, -0.2) is 9.78 Å². The molecule has 0 saturated carbocycles. The van der Waals surface area contributed by atoms with Gasteiger partial charge in [0.1, 0.15) is 5.69 Å². The molecule has 0 atom stereocenters. The van der Waals surface area contributed by atoms with Crippen LogP contribution in [0, 0.1) is 0 Å². The van der Waals surface area contributed by atoms with Crippen molar-refractivity contribution >= 4 is 11.9 Å². The predicted molar refractivity (Wildman–Crippen MR) is 60.3 cm³/mol. The number of amides is 1. The van der Waals surface area contributed by atoms with Crippen molar-refractivity contribution < 1.29 is 14.3 Å². The van der Waals surface area contributed by atoms with E-state index >= 15 is 0 Å². The van der Waals surface area contributed by atoms with Crippen molar-refractivity contribution in [1.29, 1.82) is 0 Å². The Morgan fingerprint density at radius 2 is 2.06 bits per heavy atom. The van der Waals surface area contributed by atoms with Crippen LogP contribution in [0.3, 0.4) is 0 Å². The molecule has 0 N–H and O–H groups in total. The van der Waals surface area contributed by atoms with Gasteiger partial charge in [-0.15, -0.1) is 0 Å². The van der Waals surface area contributed by atoms with Crippen molar-refractivity contribution in [3.05, 3.63) is 30.1 Å². The molecule has 1 aliphatic heterocycles. The average molecular weight is 234 g/mol. The van der Waals surface area contributed by atoms with Gasteiger partial charge in [-0.3, -0.25) is 4.79 Å². The molecular formula is C12H14N2O3. The van der Waals surface area contributed by atoms with E-state index in [-0.39, 0.29) is 18.2 Å². The fourth-order valence-electron chi connectivity index (χ4n) is 1.74. The van der Waals surface area contributed by atoms with Crippen molar-refractivity contribution in [2.45, 2.75) is 12.8 Å². The van der Waals surface area contributed by atoms with Crippen molar-refractivity contribution in [2.24, 2.45) is 0 Å². The first-order chi connectivity index (χ1) is 8.27. The van der Waals surface area contributed by atoms with Crippen LogP contribution < -0.4 is 0 Å². The highest BCUT2D eigenvalue weighted by atomic mass is 16.5. The lowest BCUT2D eigenvalue weighted by Gasteiger charge is -2.14. The highest BCUT2D eigenvalue weighted by molar-refractivity contribution is 5.89. The second-order valence-electron chi connectivity index (χ2n) is 3.88. The Morgan fingerprint density at radius 3 is 2.71 bits per heavy atom. The Balaban J connectivity index is 1.82. The lowest BCUT2D eigenvalue weighted by Crippen LogP contribution is -2.32. The Labute approximate surface area is 99.4 Å². The van der Waals surface area contributed by atoms with E-state index in [1.807, 2.05) is 0 Å². The summed E-state index contributed by atoms with van der Waals surface area (Å²) in [6.07, 6.45) is 3.57. The SMILES string of the molecule is O=C(OCC(=O)N1CCCC1)c1ccccn1. The van der Waals surface area contributed by atoms with E-state index in [2.05, 4.69) is 4.98 Å². The second kappa shape index (κ2) is 5.43. The number of carbonyl (C=O) groups excluding carboxylic acids is 2. The number of hydrogen-bond donors (Lipinski definition) is 0. The number of likely N-dealkylation sites (tertiary alicyclic amines) is 1. The van der Waals surface area contributed by atoms with Gasteiger partial charge < -0.3 is 9.64 Å². The maximum absolute atomic E-state index is 11.6. The standard InChI is InChI=1S/C12H14N2O3/c15-11(14-7-3-4-8-14)9-17-12(16)10-5-1-2-6-13-10/h1-2,5-6H,3-4,7-9H2. The molecule has 0 aromatic carbocycles. The molecule has 1 aromatic heterocycles. The minimum Gasteiger partial charge on any atom is -0.451 e. The zero-order valence-electron chi connectivity index (χ0n) is 9.46. The summed E-state index contributed by atoms with van der Waals surface area (Å²) < 4.78 is 4.91. The predicted octanol–water partition coefficient (Wildman–Crippen LogP) is 0.861. The third-order valence-corrected chi connectivity index (χ3v) is 2.66. The minimum absolute atomic E-state index is 0.133. The van der Waals surface area contributed by atoms with Crippen molar-refractivity contribution in [3.8, 4) is 0 Å². The summed E-state index contributed by atoms with van der Waals surface area (Å²) in [6, 6.07) is 4.97. The van der Waals surface area contributed by atoms with Gasteiger partial charge in [-0.2, -0.15) is 0 Å². The number of hydrogen-bond acceptors (Lipinski definition) is 4. The van der Waals surface area contributed by atoms with Gasteiger partial charge in [0.2, 0.25) is 0 Å². The Kier molecular flexibility index (Phi) is 3.69. The maximum Gasteiger partial charge on any atom is 0.357 e. The normalized spacial score (nSPS) is 14.7. The molecule has 0 bridgehead atoms. The molecule has 1 aliphatic rings. The summed E-state index contributed by atoms with van der Waals surface area (Å²) in [5.41, 5.74) is 0.224. The van der Waals surface area contributed by atoms with Gasteiger partial charge in [0, 0.05) is 19.3 Å². The van der Waals surface area contributed by atoms with Crippen LogP contribution in [0.4, 0.5) is 0 Å². The lowest BCUT2D eigenvalue weighted by atomic mass is 10.3. The fourth-order valence-corrected chi connectivity index (χ4v) is 1.74. The number of nitrogens with zero attached hydrogens (tertiary/aromatic N) is 2. The number of carbonyl (C=O) groups is 2. The number of esters is 1. The van der Waals surface area contributed by atoms with Crippen LogP contribution in [0.5, 0.6) is 0 Å². The molecular weight excluding hydrogens is 220 g/mol. The minimum atomic E-state index is -0.557. The van der Waals surface area contributed by atoms with Crippen LogP contribution in [0.25, 0.3) is 0 Å². The molecule has 5 nitrogen and oxygen atoms in total. The summed E-state index contributed by atoms with van der Waals surface area (Å²) >= 11 is 0. The summed E-state index contributed by atoms with van der Waals surface area (Å²) in [5.74, 6) is -0.690. The molecule has 1 amide bonds. The van der Waals surface area contributed by atoms with Crippen molar-refractivity contribution in [2.75, 3.05) is 19.7 Å². The van der Waals surface area contributed by atoms with Gasteiger partial charge in [-0.1, -0.05) is 6.07 Å².